The molecule has 6 nitrogen and oxygen atoms in total. The number of anilines is 1. The van der Waals surface area contributed by atoms with E-state index in [1.54, 1.807) is 21.8 Å². The SMILES string of the molecule is CC(C)n1ccc(C(=O)N(Cc2ccccn2)c2nc3ccc(Br)cc3s2)n1. The topological polar surface area (TPSA) is 63.9 Å². The Morgan fingerprint density at radius 3 is 2.82 bits per heavy atom. The van der Waals surface area contributed by atoms with Gasteiger partial charge in [-0.1, -0.05) is 33.3 Å². The van der Waals surface area contributed by atoms with Crippen molar-refractivity contribution in [1.82, 2.24) is 19.7 Å². The monoisotopic (exact) mass is 455 g/mol. The largest absolute Gasteiger partial charge is 0.280 e. The molecule has 0 saturated heterocycles. The summed E-state index contributed by atoms with van der Waals surface area (Å²) in [7, 11) is 0. The summed E-state index contributed by atoms with van der Waals surface area (Å²) in [6.07, 6.45) is 3.55. The zero-order chi connectivity index (χ0) is 19.7. The Bertz CT molecular complexity index is 1120. The van der Waals surface area contributed by atoms with Crippen LogP contribution < -0.4 is 4.90 Å². The van der Waals surface area contributed by atoms with Crippen molar-refractivity contribution < 1.29 is 4.79 Å². The molecule has 8 heteroatoms. The van der Waals surface area contributed by atoms with Crippen LogP contribution in [0.3, 0.4) is 0 Å². The number of pyridine rings is 1. The van der Waals surface area contributed by atoms with Crippen LogP contribution in [0.15, 0.2) is 59.3 Å². The molecule has 0 atom stereocenters. The molecular formula is C20H18BrN5OS. The Morgan fingerprint density at radius 2 is 2.11 bits per heavy atom. The molecule has 4 rings (SSSR count). The molecule has 0 N–H and O–H groups in total. The van der Waals surface area contributed by atoms with Gasteiger partial charge in [-0.15, -0.1) is 0 Å². The predicted molar refractivity (Wildman–Crippen MR) is 115 cm³/mol. The standard InChI is InChI=1S/C20H18BrN5OS/c1-13(2)26-10-8-17(24-26)19(27)25(12-15-5-3-4-9-22-15)20-23-16-7-6-14(21)11-18(16)28-20/h3-11,13H,12H2,1-2H3. The van der Waals surface area contributed by atoms with E-state index in [0.29, 0.717) is 17.4 Å². The fourth-order valence-electron chi connectivity index (χ4n) is 2.76. The maximum Gasteiger partial charge on any atom is 0.280 e. The number of benzene rings is 1. The predicted octanol–water partition coefficient (Wildman–Crippen LogP) is 5.08. The van der Waals surface area contributed by atoms with Crippen LogP contribution in [0.1, 0.15) is 36.1 Å². The van der Waals surface area contributed by atoms with Gasteiger partial charge in [0.25, 0.3) is 5.91 Å². The number of hydrogen-bond acceptors (Lipinski definition) is 5. The Morgan fingerprint density at radius 1 is 1.25 bits per heavy atom. The van der Waals surface area contributed by atoms with Gasteiger partial charge in [0.05, 0.1) is 22.5 Å². The molecule has 0 unspecified atom stereocenters. The fraction of sp³-hybridized carbons (Fsp3) is 0.200. The molecule has 0 saturated carbocycles. The van der Waals surface area contributed by atoms with Gasteiger partial charge >= 0.3 is 0 Å². The first kappa shape index (κ1) is 18.8. The number of rotatable bonds is 5. The number of fused-ring (bicyclic) bond motifs is 1. The minimum atomic E-state index is -0.192. The molecule has 0 bridgehead atoms. The van der Waals surface area contributed by atoms with Crippen LogP contribution in [0.5, 0.6) is 0 Å². The van der Waals surface area contributed by atoms with E-state index in [2.05, 4.69) is 31.0 Å². The summed E-state index contributed by atoms with van der Waals surface area (Å²) in [6, 6.07) is 13.5. The van der Waals surface area contributed by atoms with Gasteiger partial charge in [0.15, 0.2) is 10.8 Å². The molecule has 0 radical (unpaired) electrons. The van der Waals surface area contributed by atoms with Gasteiger partial charge in [0.1, 0.15) is 0 Å². The van der Waals surface area contributed by atoms with E-state index in [9.17, 15) is 4.79 Å². The van der Waals surface area contributed by atoms with Gasteiger partial charge in [-0.2, -0.15) is 5.10 Å². The number of aromatic nitrogens is 4. The lowest BCUT2D eigenvalue weighted by atomic mass is 10.3. The molecular weight excluding hydrogens is 438 g/mol. The Balaban J connectivity index is 1.74. The highest BCUT2D eigenvalue weighted by molar-refractivity contribution is 9.10. The van der Waals surface area contributed by atoms with Gasteiger partial charge in [0.2, 0.25) is 0 Å². The van der Waals surface area contributed by atoms with Gasteiger partial charge < -0.3 is 0 Å². The van der Waals surface area contributed by atoms with Crippen LogP contribution in [0, 0.1) is 0 Å². The molecule has 28 heavy (non-hydrogen) atoms. The first-order valence-electron chi connectivity index (χ1n) is 8.84. The van der Waals surface area contributed by atoms with Crippen molar-refractivity contribution in [3.63, 3.8) is 0 Å². The van der Waals surface area contributed by atoms with Crippen molar-refractivity contribution in [2.24, 2.45) is 0 Å². The van der Waals surface area contributed by atoms with Crippen molar-refractivity contribution in [1.29, 1.82) is 0 Å². The number of nitrogens with zero attached hydrogens (tertiary/aromatic N) is 5. The zero-order valence-corrected chi connectivity index (χ0v) is 17.8. The number of amides is 1. The summed E-state index contributed by atoms with van der Waals surface area (Å²) in [6.45, 7) is 4.38. The molecule has 1 aromatic carbocycles. The summed E-state index contributed by atoms with van der Waals surface area (Å²) in [5.41, 5.74) is 2.04. The summed E-state index contributed by atoms with van der Waals surface area (Å²) < 4.78 is 3.77. The Hall–Kier alpha value is -2.58. The molecule has 142 valence electrons. The first-order chi connectivity index (χ1) is 13.5. The second kappa shape index (κ2) is 7.81. The number of thiazole rings is 1. The third-order valence-electron chi connectivity index (χ3n) is 4.22. The average Bonchev–Trinajstić information content (AvgIpc) is 3.33. The zero-order valence-electron chi connectivity index (χ0n) is 15.4. The van der Waals surface area contributed by atoms with Crippen molar-refractivity contribution in [3.05, 3.63) is 70.7 Å². The number of hydrogen-bond donors (Lipinski definition) is 0. The van der Waals surface area contributed by atoms with Crippen LogP contribution in [0.25, 0.3) is 10.2 Å². The highest BCUT2D eigenvalue weighted by Crippen LogP contribution is 2.32. The molecule has 3 aromatic heterocycles. The third kappa shape index (κ3) is 3.83. The van der Waals surface area contributed by atoms with Crippen molar-refractivity contribution in [3.8, 4) is 0 Å². The number of halogens is 1. The summed E-state index contributed by atoms with van der Waals surface area (Å²) in [5, 5.41) is 5.07. The number of carbonyl (C=O) groups excluding carboxylic acids is 1. The van der Waals surface area contributed by atoms with Gasteiger partial charge in [-0.25, -0.2) is 4.98 Å². The van der Waals surface area contributed by atoms with Crippen LogP contribution in [0.2, 0.25) is 0 Å². The van der Waals surface area contributed by atoms with Crippen LogP contribution in [0.4, 0.5) is 5.13 Å². The highest BCUT2D eigenvalue weighted by Gasteiger charge is 2.24. The summed E-state index contributed by atoms with van der Waals surface area (Å²) in [4.78, 5) is 24.0. The molecule has 1 amide bonds. The molecule has 0 aliphatic rings. The van der Waals surface area contributed by atoms with Crippen molar-refractivity contribution in [2.75, 3.05) is 4.90 Å². The average molecular weight is 456 g/mol. The molecule has 4 aromatic rings. The van der Waals surface area contributed by atoms with E-state index in [-0.39, 0.29) is 11.9 Å². The van der Waals surface area contributed by atoms with E-state index in [0.717, 1.165) is 20.4 Å². The lowest BCUT2D eigenvalue weighted by Gasteiger charge is -2.18. The van der Waals surface area contributed by atoms with E-state index >= 15 is 0 Å². The van der Waals surface area contributed by atoms with Crippen LogP contribution in [-0.4, -0.2) is 25.7 Å². The quantitative estimate of drug-likeness (QED) is 0.420. The smallest absolute Gasteiger partial charge is 0.276 e. The minimum Gasteiger partial charge on any atom is -0.276 e. The summed E-state index contributed by atoms with van der Waals surface area (Å²) >= 11 is 4.97. The van der Waals surface area contributed by atoms with E-state index in [4.69, 9.17) is 0 Å². The maximum atomic E-state index is 13.3. The van der Waals surface area contributed by atoms with E-state index in [1.165, 1.54) is 11.3 Å². The molecule has 0 aliphatic carbocycles. The second-order valence-corrected chi connectivity index (χ2v) is 8.52. The van der Waals surface area contributed by atoms with Crippen molar-refractivity contribution in [2.45, 2.75) is 26.4 Å². The molecule has 0 spiro atoms. The lowest BCUT2D eigenvalue weighted by molar-refractivity contribution is 0.0979. The first-order valence-corrected chi connectivity index (χ1v) is 10.5. The Labute approximate surface area is 175 Å². The van der Waals surface area contributed by atoms with Gasteiger partial charge in [-0.3, -0.25) is 19.4 Å². The second-order valence-electron chi connectivity index (χ2n) is 6.60. The van der Waals surface area contributed by atoms with E-state index in [1.807, 2.05) is 56.4 Å². The van der Waals surface area contributed by atoms with Crippen LogP contribution in [-0.2, 0) is 6.54 Å². The van der Waals surface area contributed by atoms with Crippen LogP contribution >= 0.6 is 27.3 Å². The molecule has 0 fully saturated rings. The Kier molecular flexibility index (Phi) is 5.23. The van der Waals surface area contributed by atoms with Gasteiger partial charge in [-0.05, 0) is 50.2 Å². The van der Waals surface area contributed by atoms with E-state index < -0.39 is 0 Å². The molecule has 3 heterocycles. The normalized spacial score (nSPS) is 11.3. The maximum absolute atomic E-state index is 13.3. The lowest BCUT2D eigenvalue weighted by Crippen LogP contribution is -2.31. The number of carbonyl (C=O) groups is 1. The fourth-order valence-corrected chi connectivity index (χ4v) is 4.27. The minimum absolute atomic E-state index is 0.186. The van der Waals surface area contributed by atoms with Crippen molar-refractivity contribution >= 4 is 48.5 Å². The summed E-state index contributed by atoms with van der Waals surface area (Å²) in [5.74, 6) is -0.192. The van der Waals surface area contributed by atoms with Gasteiger partial charge in [0, 0.05) is 22.9 Å². The highest BCUT2D eigenvalue weighted by atomic mass is 79.9. The molecule has 0 aliphatic heterocycles. The third-order valence-corrected chi connectivity index (χ3v) is 5.75.